The lowest BCUT2D eigenvalue weighted by Gasteiger charge is -2.31. The van der Waals surface area contributed by atoms with Gasteiger partial charge in [0.05, 0.1) is 6.04 Å². The Morgan fingerprint density at radius 1 is 1.14 bits per heavy atom. The van der Waals surface area contributed by atoms with Gasteiger partial charge in [-0.05, 0) is 35.8 Å². The van der Waals surface area contributed by atoms with Crippen molar-refractivity contribution < 1.29 is 9.53 Å². The number of hydrogen-bond acceptors (Lipinski definition) is 2. The molecular formula is C19H17NO2. The van der Waals surface area contributed by atoms with Crippen molar-refractivity contribution in [1.29, 1.82) is 0 Å². The summed E-state index contributed by atoms with van der Waals surface area (Å²) in [5.41, 5.74) is 2.23. The van der Waals surface area contributed by atoms with Crippen LogP contribution in [0.5, 0.6) is 5.75 Å². The quantitative estimate of drug-likeness (QED) is 0.761. The zero-order valence-electron chi connectivity index (χ0n) is 12.2. The molecule has 0 aliphatic carbocycles. The number of fused-ring (bicyclic) bond motifs is 1. The van der Waals surface area contributed by atoms with E-state index in [1.165, 1.54) is 0 Å². The van der Waals surface area contributed by atoms with Crippen molar-refractivity contribution in [3.8, 4) is 5.75 Å². The molecule has 0 saturated heterocycles. The molecule has 0 radical (unpaired) electrons. The summed E-state index contributed by atoms with van der Waals surface area (Å²) in [6, 6.07) is 17.1. The first-order chi connectivity index (χ1) is 10.8. The predicted octanol–water partition coefficient (Wildman–Crippen LogP) is 4.79. The van der Waals surface area contributed by atoms with Crippen LogP contribution < -0.4 is 4.74 Å². The molecule has 3 rings (SSSR count). The van der Waals surface area contributed by atoms with Gasteiger partial charge in [-0.25, -0.2) is 4.79 Å². The molecule has 1 aliphatic rings. The summed E-state index contributed by atoms with van der Waals surface area (Å²) < 4.78 is 5.45. The third kappa shape index (κ3) is 2.79. The molecular weight excluding hydrogens is 274 g/mol. The summed E-state index contributed by atoms with van der Waals surface area (Å²) in [4.78, 5) is 14.1. The molecule has 0 aromatic heterocycles. The third-order valence-electron chi connectivity index (χ3n) is 3.65. The lowest BCUT2D eigenvalue weighted by molar-refractivity contribution is 0.154. The summed E-state index contributed by atoms with van der Waals surface area (Å²) in [5.74, 6) is 0.539. The van der Waals surface area contributed by atoms with E-state index in [1.54, 1.807) is 23.2 Å². The van der Waals surface area contributed by atoms with Gasteiger partial charge in [0, 0.05) is 6.20 Å². The van der Waals surface area contributed by atoms with E-state index in [1.807, 2.05) is 54.6 Å². The van der Waals surface area contributed by atoms with Crippen LogP contribution in [0.3, 0.4) is 0 Å². The highest BCUT2D eigenvalue weighted by atomic mass is 16.6. The van der Waals surface area contributed by atoms with Crippen molar-refractivity contribution in [2.45, 2.75) is 12.5 Å². The van der Waals surface area contributed by atoms with Crippen LogP contribution >= 0.6 is 0 Å². The second-order valence-corrected chi connectivity index (χ2v) is 5.07. The van der Waals surface area contributed by atoms with Gasteiger partial charge in [-0.15, -0.1) is 6.58 Å². The summed E-state index contributed by atoms with van der Waals surface area (Å²) in [6.45, 7) is 3.80. The van der Waals surface area contributed by atoms with Gasteiger partial charge >= 0.3 is 6.09 Å². The number of carbonyl (C=O) groups is 1. The largest absolute Gasteiger partial charge is 0.419 e. The van der Waals surface area contributed by atoms with Gasteiger partial charge in [0.2, 0.25) is 0 Å². The van der Waals surface area contributed by atoms with Crippen LogP contribution in [0.1, 0.15) is 23.6 Å². The minimum Gasteiger partial charge on any atom is -0.410 e. The van der Waals surface area contributed by atoms with Gasteiger partial charge in [-0.3, -0.25) is 4.90 Å². The van der Waals surface area contributed by atoms with Crippen molar-refractivity contribution in [3.63, 3.8) is 0 Å². The molecule has 0 bridgehead atoms. The Morgan fingerprint density at radius 3 is 2.64 bits per heavy atom. The van der Waals surface area contributed by atoms with Crippen LogP contribution in [0.2, 0.25) is 0 Å². The summed E-state index contributed by atoms with van der Waals surface area (Å²) in [7, 11) is 0. The molecule has 1 atom stereocenters. The number of benzene rings is 2. The summed E-state index contributed by atoms with van der Waals surface area (Å²) in [6.07, 6.45) is 5.82. The highest BCUT2D eigenvalue weighted by Gasteiger charge is 2.28. The zero-order chi connectivity index (χ0) is 15.4. The molecule has 0 N–H and O–H groups in total. The first-order valence-corrected chi connectivity index (χ1v) is 7.23. The topological polar surface area (TPSA) is 29.5 Å². The maximum atomic E-state index is 12.5. The fourth-order valence-corrected chi connectivity index (χ4v) is 2.61. The van der Waals surface area contributed by atoms with Crippen molar-refractivity contribution in [3.05, 3.63) is 84.6 Å². The van der Waals surface area contributed by atoms with Gasteiger partial charge in [0.1, 0.15) is 5.75 Å². The minimum atomic E-state index is -0.385. The van der Waals surface area contributed by atoms with Gasteiger partial charge in [-0.1, -0.05) is 48.5 Å². The second kappa shape index (κ2) is 6.31. The van der Waals surface area contributed by atoms with Gasteiger partial charge in [0.25, 0.3) is 0 Å². The molecule has 0 saturated carbocycles. The number of para-hydroxylation sites is 1. The Balaban J connectivity index is 1.86. The van der Waals surface area contributed by atoms with E-state index >= 15 is 0 Å². The molecule has 0 spiro atoms. The fourth-order valence-electron chi connectivity index (χ4n) is 2.61. The summed E-state index contributed by atoms with van der Waals surface area (Å²) >= 11 is 0. The van der Waals surface area contributed by atoms with Crippen LogP contribution in [0.15, 0.2) is 73.5 Å². The Bertz CT molecular complexity index is 706. The lowest BCUT2D eigenvalue weighted by atomic mass is 9.94. The van der Waals surface area contributed by atoms with E-state index < -0.39 is 0 Å². The highest BCUT2D eigenvalue weighted by molar-refractivity contribution is 5.75. The molecule has 1 aliphatic heterocycles. The van der Waals surface area contributed by atoms with E-state index in [0.29, 0.717) is 12.2 Å². The van der Waals surface area contributed by atoms with E-state index in [-0.39, 0.29) is 12.1 Å². The average Bonchev–Trinajstić information content (AvgIpc) is 2.56. The SMILES string of the molecule is C=CCC1c2ccccc2C=CN1C(=O)Oc1ccccc1. The van der Waals surface area contributed by atoms with Gasteiger partial charge < -0.3 is 4.74 Å². The molecule has 1 unspecified atom stereocenters. The van der Waals surface area contributed by atoms with Crippen LogP contribution in [0.25, 0.3) is 6.08 Å². The predicted molar refractivity (Wildman–Crippen MR) is 87.3 cm³/mol. The monoisotopic (exact) mass is 291 g/mol. The molecule has 2 aromatic rings. The third-order valence-corrected chi connectivity index (χ3v) is 3.65. The zero-order valence-corrected chi connectivity index (χ0v) is 12.2. The molecule has 0 fully saturated rings. The molecule has 2 aromatic carbocycles. The number of rotatable bonds is 3. The second-order valence-electron chi connectivity index (χ2n) is 5.07. The Labute approximate surface area is 130 Å². The van der Waals surface area contributed by atoms with Crippen molar-refractivity contribution in [2.75, 3.05) is 0 Å². The molecule has 110 valence electrons. The first-order valence-electron chi connectivity index (χ1n) is 7.23. The van der Waals surface area contributed by atoms with Crippen molar-refractivity contribution >= 4 is 12.2 Å². The average molecular weight is 291 g/mol. The maximum Gasteiger partial charge on any atom is 0.419 e. The van der Waals surface area contributed by atoms with E-state index in [2.05, 4.69) is 6.58 Å². The lowest BCUT2D eigenvalue weighted by Crippen LogP contribution is -2.34. The molecule has 3 heteroatoms. The van der Waals surface area contributed by atoms with Crippen LogP contribution in [-0.2, 0) is 0 Å². The van der Waals surface area contributed by atoms with E-state index in [0.717, 1.165) is 11.1 Å². The molecule has 1 amide bonds. The van der Waals surface area contributed by atoms with E-state index in [9.17, 15) is 4.79 Å². The number of amides is 1. The number of carbonyl (C=O) groups excluding carboxylic acids is 1. The molecule has 1 heterocycles. The minimum absolute atomic E-state index is 0.0880. The van der Waals surface area contributed by atoms with Crippen LogP contribution in [0.4, 0.5) is 4.79 Å². The Hall–Kier alpha value is -2.81. The van der Waals surface area contributed by atoms with Gasteiger partial charge in [-0.2, -0.15) is 0 Å². The van der Waals surface area contributed by atoms with Crippen LogP contribution in [0, 0.1) is 0 Å². The number of nitrogens with zero attached hydrogens (tertiary/aromatic N) is 1. The first kappa shape index (κ1) is 14.1. The normalized spacial score (nSPS) is 16.0. The highest BCUT2D eigenvalue weighted by Crippen LogP contribution is 2.33. The number of hydrogen-bond donors (Lipinski definition) is 0. The number of ether oxygens (including phenoxy) is 1. The smallest absolute Gasteiger partial charge is 0.410 e. The standard InChI is InChI=1S/C19H17NO2/c1-2-8-18-17-12-7-6-9-15(17)13-14-20(18)19(21)22-16-10-4-3-5-11-16/h2-7,9-14,18H,1,8H2. The van der Waals surface area contributed by atoms with Crippen LogP contribution in [-0.4, -0.2) is 11.0 Å². The van der Waals surface area contributed by atoms with Gasteiger partial charge in [0.15, 0.2) is 0 Å². The molecule has 3 nitrogen and oxygen atoms in total. The van der Waals surface area contributed by atoms with E-state index in [4.69, 9.17) is 4.74 Å². The fraction of sp³-hybridized carbons (Fsp3) is 0.105. The maximum absolute atomic E-state index is 12.5. The summed E-state index contributed by atoms with van der Waals surface area (Å²) in [5, 5.41) is 0. The Kier molecular flexibility index (Phi) is 4.05. The molecule has 22 heavy (non-hydrogen) atoms. The van der Waals surface area contributed by atoms with Crippen molar-refractivity contribution in [2.24, 2.45) is 0 Å². The van der Waals surface area contributed by atoms with Crippen molar-refractivity contribution in [1.82, 2.24) is 4.90 Å². The Morgan fingerprint density at radius 2 is 1.86 bits per heavy atom.